The molecular formula is C19H21F3N2O3S. The number of halogens is 3. The normalized spacial score (nSPS) is 11.3. The predicted molar refractivity (Wildman–Crippen MR) is 103 cm³/mol. The molecule has 0 spiro atoms. The Labute approximate surface area is 164 Å². The Hall–Kier alpha value is -2.55. The SMILES string of the molecule is CCCCCCNC(=O)Nc1cc(-c2cccc(C(F)(F)F)c2)sc1C(=O)O. The lowest BCUT2D eigenvalue weighted by molar-refractivity contribution is -0.137. The van der Waals surface area contributed by atoms with E-state index in [1.807, 2.05) is 0 Å². The van der Waals surface area contributed by atoms with Gasteiger partial charge >= 0.3 is 18.2 Å². The van der Waals surface area contributed by atoms with Crippen molar-refractivity contribution in [2.75, 3.05) is 11.9 Å². The third kappa shape index (κ3) is 5.98. The van der Waals surface area contributed by atoms with Gasteiger partial charge in [0.1, 0.15) is 4.88 Å². The zero-order valence-electron chi connectivity index (χ0n) is 15.2. The number of unbranched alkanes of at least 4 members (excludes halogenated alkanes) is 3. The number of alkyl halides is 3. The van der Waals surface area contributed by atoms with E-state index < -0.39 is 23.7 Å². The summed E-state index contributed by atoms with van der Waals surface area (Å²) < 4.78 is 38.7. The van der Waals surface area contributed by atoms with Crippen LogP contribution >= 0.6 is 11.3 Å². The largest absolute Gasteiger partial charge is 0.477 e. The minimum Gasteiger partial charge on any atom is -0.477 e. The van der Waals surface area contributed by atoms with Gasteiger partial charge in [-0.15, -0.1) is 11.3 Å². The zero-order chi connectivity index (χ0) is 20.7. The minimum absolute atomic E-state index is 0.0518. The van der Waals surface area contributed by atoms with E-state index in [0.717, 1.165) is 49.2 Å². The van der Waals surface area contributed by atoms with Crippen molar-refractivity contribution < 1.29 is 27.9 Å². The number of carbonyl (C=O) groups excluding carboxylic acids is 1. The molecule has 0 atom stereocenters. The molecule has 0 fully saturated rings. The van der Waals surface area contributed by atoms with Crippen LogP contribution in [0.25, 0.3) is 10.4 Å². The average molecular weight is 414 g/mol. The third-order valence-corrected chi connectivity index (χ3v) is 5.14. The van der Waals surface area contributed by atoms with Gasteiger partial charge in [-0.1, -0.05) is 38.3 Å². The van der Waals surface area contributed by atoms with Crippen LogP contribution in [0, 0.1) is 0 Å². The number of carbonyl (C=O) groups is 2. The lowest BCUT2D eigenvalue weighted by atomic mass is 10.1. The first kappa shape index (κ1) is 21.7. The van der Waals surface area contributed by atoms with E-state index in [1.54, 1.807) is 0 Å². The van der Waals surface area contributed by atoms with Crippen LogP contribution < -0.4 is 10.6 Å². The molecule has 152 valence electrons. The number of urea groups is 1. The maximum Gasteiger partial charge on any atom is 0.416 e. The topological polar surface area (TPSA) is 78.4 Å². The van der Waals surface area contributed by atoms with Gasteiger partial charge in [-0.25, -0.2) is 9.59 Å². The standard InChI is InChI=1S/C19H21F3N2O3S/c1-2-3-4-5-9-23-18(27)24-14-11-15(28-16(14)17(25)26)12-7-6-8-13(10-12)19(20,21)22/h6-8,10-11H,2-5,9H2,1H3,(H,25,26)(H2,23,24,27). The number of carboxylic acid groups (broad SMARTS) is 1. The smallest absolute Gasteiger partial charge is 0.416 e. The van der Waals surface area contributed by atoms with Crippen molar-refractivity contribution in [2.45, 2.75) is 38.8 Å². The minimum atomic E-state index is -4.50. The Bertz CT molecular complexity index is 834. The molecule has 9 heteroatoms. The second-order valence-electron chi connectivity index (χ2n) is 6.18. The summed E-state index contributed by atoms with van der Waals surface area (Å²) in [4.78, 5) is 23.6. The molecule has 0 aliphatic rings. The quantitative estimate of drug-likeness (QED) is 0.475. The summed E-state index contributed by atoms with van der Waals surface area (Å²) in [6, 6.07) is 5.45. The first-order valence-electron chi connectivity index (χ1n) is 8.82. The molecular weight excluding hydrogens is 393 g/mol. The molecule has 2 aromatic rings. The first-order valence-corrected chi connectivity index (χ1v) is 9.63. The van der Waals surface area contributed by atoms with Crippen molar-refractivity contribution in [1.29, 1.82) is 0 Å². The summed E-state index contributed by atoms with van der Waals surface area (Å²) in [6.07, 6.45) is -0.568. The van der Waals surface area contributed by atoms with Gasteiger partial charge in [-0.05, 0) is 30.2 Å². The number of aromatic carboxylic acids is 1. The predicted octanol–water partition coefficient (Wildman–Crippen LogP) is 5.83. The molecule has 0 saturated carbocycles. The lowest BCUT2D eigenvalue weighted by Crippen LogP contribution is -2.29. The maximum atomic E-state index is 12.9. The molecule has 0 unspecified atom stereocenters. The van der Waals surface area contributed by atoms with E-state index in [1.165, 1.54) is 18.2 Å². The highest BCUT2D eigenvalue weighted by molar-refractivity contribution is 7.18. The Morgan fingerprint density at radius 1 is 1.14 bits per heavy atom. The second kappa shape index (κ2) is 9.59. The zero-order valence-corrected chi connectivity index (χ0v) is 16.0. The molecule has 1 heterocycles. The fourth-order valence-electron chi connectivity index (χ4n) is 2.55. The van der Waals surface area contributed by atoms with Gasteiger partial charge in [0.2, 0.25) is 0 Å². The van der Waals surface area contributed by atoms with Crippen LogP contribution in [-0.2, 0) is 6.18 Å². The molecule has 28 heavy (non-hydrogen) atoms. The van der Waals surface area contributed by atoms with Crippen LogP contribution in [0.5, 0.6) is 0 Å². The van der Waals surface area contributed by atoms with Crippen molar-refractivity contribution in [2.24, 2.45) is 0 Å². The number of rotatable bonds is 8. The Morgan fingerprint density at radius 2 is 1.89 bits per heavy atom. The lowest BCUT2D eigenvalue weighted by Gasteiger charge is -2.07. The van der Waals surface area contributed by atoms with Crippen molar-refractivity contribution in [3.8, 4) is 10.4 Å². The van der Waals surface area contributed by atoms with Gasteiger partial charge in [-0.3, -0.25) is 0 Å². The number of amides is 2. The molecule has 0 radical (unpaired) electrons. The van der Waals surface area contributed by atoms with Crippen LogP contribution in [0.4, 0.5) is 23.7 Å². The number of hydrogen-bond donors (Lipinski definition) is 3. The van der Waals surface area contributed by atoms with Crippen LogP contribution in [0.1, 0.15) is 47.8 Å². The van der Waals surface area contributed by atoms with Gasteiger partial charge in [0.15, 0.2) is 0 Å². The number of thiophene rings is 1. The fourth-order valence-corrected chi connectivity index (χ4v) is 3.50. The molecule has 0 aliphatic heterocycles. The van der Waals surface area contributed by atoms with E-state index in [0.29, 0.717) is 11.4 Å². The summed E-state index contributed by atoms with van der Waals surface area (Å²) >= 11 is 0.808. The monoisotopic (exact) mass is 414 g/mol. The number of carboxylic acids is 1. The number of hydrogen-bond acceptors (Lipinski definition) is 3. The van der Waals surface area contributed by atoms with E-state index >= 15 is 0 Å². The van der Waals surface area contributed by atoms with E-state index in [4.69, 9.17) is 0 Å². The highest BCUT2D eigenvalue weighted by Crippen LogP contribution is 2.37. The van der Waals surface area contributed by atoms with Crippen molar-refractivity contribution in [3.05, 3.63) is 40.8 Å². The van der Waals surface area contributed by atoms with Gasteiger partial charge in [0.25, 0.3) is 0 Å². The van der Waals surface area contributed by atoms with Gasteiger partial charge < -0.3 is 15.7 Å². The molecule has 2 amide bonds. The summed E-state index contributed by atoms with van der Waals surface area (Å²) in [5.41, 5.74) is -0.541. The summed E-state index contributed by atoms with van der Waals surface area (Å²) in [7, 11) is 0. The molecule has 5 nitrogen and oxygen atoms in total. The summed E-state index contributed by atoms with van der Waals surface area (Å²) in [6.45, 7) is 2.53. The average Bonchev–Trinajstić information content (AvgIpc) is 3.05. The van der Waals surface area contributed by atoms with Crippen molar-refractivity contribution in [1.82, 2.24) is 5.32 Å². The highest BCUT2D eigenvalue weighted by atomic mass is 32.1. The Morgan fingerprint density at radius 3 is 2.54 bits per heavy atom. The van der Waals surface area contributed by atoms with Crippen LogP contribution in [0.15, 0.2) is 30.3 Å². The maximum absolute atomic E-state index is 12.9. The van der Waals surface area contributed by atoms with E-state index in [2.05, 4.69) is 17.6 Å². The van der Waals surface area contributed by atoms with Gasteiger partial charge in [-0.2, -0.15) is 13.2 Å². The van der Waals surface area contributed by atoms with Crippen LogP contribution in [0.2, 0.25) is 0 Å². The van der Waals surface area contributed by atoms with Gasteiger partial charge in [0, 0.05) is 11.4 Å². The first-order chi connectivity index (χ1) is 13.2. The molecule has 3 N–H and O–H groups in total. The number of benzene rings is 1. The third-order valence-electron chi connectivity index (χ3n) is 3.96. The van der Waals surface area contributed by atoms with Crippen LogP contribution in [0.3, 0.4) is 0 Å². The molecule has 1 aromatic heterocycles. The number of nitrogens with one attached hydrogen (secondary N) is 2. The highest BCUT2D eigenvalue weighted by Gasteiger charge is 2.30. The van der Waals surface area contributed by atoms with Crippen LogP contribution in [-0.4, -0.2) is 23.7 Å². The molecule has 2 rings (SSSR count). The van der Waals surface area contributed by atoms with E-state index in [-0.39, 0.29) is 16.1 Å². The second-order valence-corrected chi connectivity index (χ2v) is 7.23. The molecule has 0 aliphatic carbocycles. The molecule has 0 bridgehead atoms. The van der Waals surface area contributed by atoms with Crippen molar-refractivity contribution in [3.63, 3.8) is 0 Å². The number of anilines is 1. The summed E-state index contributed by atoms with van der Waals surface area (Å²) in [5.74, 6) is -1.26. The Kier molecular flexibility index (Phi) is 7.45. The molecule has 1 aromatic carbocycles. The Balaban J connectivity index is 2.16. The van der Waals surface area contributed by atoms with Gasteiger partial charge in [0.05, 0.1) is 11.3 Å². The van der Waals surface area contributed by atoms with E-state index in [9.17, 15) is 27.9 Å². The van der Waals surface area contributed by atoms with Crippen molar-refractivity contribution >= 4 is 29.0 Å². The summed E-state index contributed by atoms with van der Waals surface area (Å²) in [5, 5.41) is 14.5. The fraction of sp³-hybridized carbons (Fsp3) is 0.368. The molecule has 0 saturated heterocycles.